The van der Waals surface area contributed by atoms with E-state index in [4.69, 9.17) is 9.26 Å². The van der Waals surface area contributed by atoms with Crippen LogP contribution in [0.15, 0.2) is 39.3 Å². The van der Waals surface area contributed by atoms with Crippen molar-refractivity contribution >= 4 is 27.7 Å². The maximum Gasteiger partial charge on any atom is 0.360 e. The lowest BCUT2D eigenvalue weighted by Crippen LogP contribution is -2.04. The number of aryl methyl sites for hydroxylation is 1. The number of Topliss-reactive ketones (excluding diaryl/α,β-unsaturated/α-hetero) is 1. The molecule has 0 saturated heterocycles. The lowest BCUT2D eigenvalue weighted by atomic mass is 10.1. The monoisotopic (exact) mass is 365 g/mol. The number of hydrogen-bond donors (Lipinski definition) is 0. The summed E-state index contributed by atoms with van der Waals surface area (Å²) in [4.78, 5) is 23.5. The summed E-state index contributed by atoms with van der Waals surface area (Å²) in [6.07, 6.45) is 1.60. The Kier molecular flexibility index (Phi) is 5.89. The van der Waals surface area contributed by atoms with E-state index in [1.165, 1.54) is 0 Å². The van der Waals surface area contributed by atoms with Crippen molar-refractivity contribution in [3.63, 3.8) is 0 Å². The molecule has 2 aromatic rings. The molecule has 0 atom stereocenters. The van der Waals surface area contributed by atoms with Gasteiger partial charge in [-0.25, -0.2) is 4.79 Å². The van der Waals surface area contributed by atoms with Crippen LogP contribution in [-0.2, 0) is 11.2 Å². The van der Waals surface area contributed by atoms with Crippen molar-refractivity contribution in [2.24, 2.45) is 0 Å². The highest BCUT2D eigenvalue weighted by atomic mass is 79.9. The molecule has 0 amide bonds. The quantitative estimate of drug-likeness (QED) is 0.550. The van der Waals surface area contributed by atoms with Gasteiger partial charge in [-0.05, 0) is 25.5 Å². The highest BCUT2D eigenvalue weighted by molar-refractivity contribution is 9.10. The van der Waals surface area contributed by atoms with Crippen LogP contribution in [0.2, 0.25) is 0 Å². The van der Waals surface area contributed by atoms with Crippen molar-refractivity contribution in [2.75, 3.05) is 6.61 Å². The number of ketones is 1. The minimum atomic E-state index is -0.497. The third kappa shape index (κ3) is 4.53. The lowest BCUT2D eigenvalue weighted by Gasteiger charge is -2.00. The van der Waals surface area contributed by atoms with Gasteiger partial charge in [0.25, 0.3) is 0 Å². The minimum absolute atomic E-state index is 0.0811. The van der Waals surface area contributed by atoms with Crippen molar-refractivity contribution in [1.29, 1.82) is 0 Å². The van der Waals surface area contributed by atoms with E-state index >= 15 is 0 Å². The summed E-state index contributed by atoms with van der Waals surface area (Å²) in [5.74, 6) is 0.160. The van der Waals surface area contributed by atoms with Gasteiger partial charge in [-0.15, -0.1) is 0 Å². The SMILES string of the molecule is CCOC(=O)c1cc(CCCC(=O)c2ccc(Br)cc2)on1. The Morgan fingerprint density at radius 1 is 1.27 bits per heavy atom. The van der Waals surface area contributed by atoms with Crippen LogP contribution in [-0.4, -0.2) is 23.5 Å². The number of ether oxygens (including phenoxy) is 1. The van der Waals surface area contributed by atoms with Crippen molar-refractivity contribution < 1.29 is 18.8 Å². The Labute approximate surface area is 136 Å². The molecule has 1 heterocycles. The third-order valence-corrected chi connectivity index (χ3v) is 3.57. The molecule has 1 aromatic heterocycles. The molecular formula is C16H16BrNO4. The van der Waals surface area contributed by atoms with Crippen LogP contribution in [0.5, 0.6) is 0 Å². The molecule has 0 radical (unpaired) electrons. The third-order valence-electron chi connectivity index (χ3n) is 3.04. The zero-order valence-electron chi connectivity index (χ0n) is 12.2. The van der Waals surface area contributed by atoms with Crippen LogP contribution in [0.25, 0.3) is 0 Å². The predicted octanol–water partition coefficient (Wildman–Crippen LogP) is 3.82. The average molecular weight is 366 g/mol. The maximum atomic E-state index is 12.0. The molecule has 0 aliphatic carbocycles. The molecule has 0 fully saturated rings. The van der Waals surface area contributed by atoms with Crippen molar-refractivity contribution in [1.82, 2.24) is 5.16 Å². The molecule has 2 rings (SSSR count). The molecule has 0 bridgehead atoms. The Balaban J connectivity index is 1.82. The van der Waals surface area contributed by atoms with Gasteiger partial charge in [0.15, 0.2) is 11.5 Å². The van der Waals surface area contributed by atoms with Crippen molar-refractivity contribution in [3.8, 4) is 0 Å². The van der Waals surface area contributed by atoms with Gasteiger partial charge in [-0.1, -0.05) is 33.2 Å². The van der Waals surface area contributed by atoms with Crippen molar-refractivity contribution in [2.45, 2.75) is 26.2 Å². The minimum Gasteiger partial charge on any atom is -0.461 e. The van der Waals surface area contributed by atoms with E-state index in [0.29, 0.717) is 37.2 Å². The van der Waals surface area contributed by atoms with Crippen LogP contribution < -0.4 is 0 Å². The molecule has 0 aliphatic rings. The number of carbonyl (C=O) groups excluding carboxylic acids is 2. The smallest absolute Gasteiger partial charge is 0.360 e. The van der Waals surface area contributed by atoms with Gasteiger partial charge in [-0.2, -0.15) is 0 Å². The van der Waals surface area contributed by atoms with Crippen LogP contribution in [0.1, 0.15) is 46.4 Å². The van der Waals surface area contributed by atoms with Gasteiger partial charge in [0.05, 0.1) is 6.61 Å². The number of halogens is 1. The Morgan fingerprint density at radius 2 is 2.00 bits per heavy atom. The first-order valence-corrected chi connectivity index (χ1v) is 7.81. The van der Waals surface area contributed by atoms with Gasteiger partial charge in [0, 0.05) is 28.9 Å². The van der Waals surface area contributed by atoms with E-state index in [0.717, 1.165) is 4.47 Å². The second kappa shape index (κ2) is 7.89. The molecule has 0 unspecified atom stereocenters. The van der Waals surface area contributed by atoms with Crippen LogP contribution in [0, 0.1) is 0 Å². The molecule has 1 aromatic carbocycles. The average Bonchev–Trinajstić information content (AvgIpc) is 2.97. The maximum absolute atomic E-state index is 12.0. The number of carbonyl (C=O) groups is 2. The van der Waals surface area contributed by atoms with Gasteiger partial charge in [0.2, 0.25) is 0 Å². The molecule has 22 heavy (non-hydrogen) atoms. The standard InChI is InChI=1S/C16H16BrNO4/c1-2-21-16(20)14-10-13(22-18-14)4-3-5-15(19)11-6-8-12(17)9-7-11/h6-10H,2-5H2,1H3. The summed E-state index contributed by atoms with van der Waals surface area (Å²) in [6.45, 7) is 2.02. The van der Waals surface area contributed by atoms with Gasteiger partial charge in [-0.3, -0.25) is 4.79 Å². The summed E-state index contributed by atoms with van der Waals surface area (Å²) in [5.41, 5.74) is 0.851. The Hall–Kier alpha value is -1.95. The number of aromatic nitrogens is 1. The fourth-order valence-corrected chi connectivity index (χ4v) is 2.20. The largest absolute Gasteiger partial charge is 0.461 e. The van der Waals surface area contributed by atoms with E-state index in [2.05, 4.69) is 21.1 Å². The molecule has 116 valence electrons. The molecule has 0 spiro atoms. The second-order valence-electron chi connectivity index (χ2n) is 4.68. The molecule has 5 nitrogen and oxygen atoms in total. The highest BCUT2D eigenvalue weighted by Gasteiger charge is 2.13. The zero-order valence-corrected chi connectivity index (χ0v) is 13.8. The molecule has 0 saturated carbocycles. The Morgan fingerprint density at radius 3 is 2.68 bits per heavy atom. The van der Waals surface area contributed by atoms with E-state index in [-0.39, 0.29) is 11.5 Å². The van der Waals surface area contributed by atoms with Gasteiger partial charge in [0.1, 0.15) is 5.76 Å². The first-order chi connectivity index (χ1) is 10.6. The van der Waals surface area contributed by atoms with E-state index < -0.39 is 5.97 Å². The molecule has 6 heteroatoms. The fraction of sp³-hybridized carbons (Fsp3) is 0.312. The molecule has 0 N–H and O–H groups in total. The summed E-state index contributed by atoms with van der Waals surface area (Å²) in [6, 6.07) is 8.83. The van der Waals surface area contributed by atoms with Crippen LogP contribution in [0.4, 0.5) is 0 Å². The summed E-state index contributed by atoms with van der Waals surface area (Å²) >= 11 is 3.33. The summed E-state index contributed by atoms with van der Waals surface area (Å²) < 4.78 is 10.8. The fourth-order valence-electron chi connectivity index (χ4n) is 1.94. The van der Waals surface area contributed by atoms with E-state index in [1.807, 2.05) is 12.1 Å². The van der Waals surface area contributed by atoms with E-state index in [9.17, 15) is 9.59 Å². The van der Waals surface area contributed by atoms with E-state index in [1.54, 1.807) is 25.1 Å². The van der Waals surface area contributed by atoms with Crippen LogP contribution in [0.3, 0.4) is 0 Å². The van der Waals surface area contributed by atoms with Gasteiger partial charge < -0.3 is 9.26 Å². The Bertz CT molecular complexity index is 648. The normalized spacial score (nSPS) is 10.5. The van der Waals surface area contributed by atoms with Crippen molar-refractivity contribution in [3.05, 3.63) is 51.8 Å². The van der Waals surface area contributed by atoms with Crippen LogP contribution >= 0.6 is 15.9 Å². The zero-order chi connectivity index (χ0) is 15.9. The number of hydrogen-bond acceptors (Lipinski definition) is 5. The summed E-state index contributed by atoms with van der Waals surface area (Å²) in [7, 11) is 0. The topological polar surface area (TPSA) is 69.4 Å². The highest BCUT2D eigenvalue weighted by Crippen LogP contribution is 2.14. The number of nitrogens with zero attached hydrogens (tertiary/aromatic N) is 1. The molecule has 0 aliphatic heterocycles. The first kappa shape index (κ1) is 16.4. The number of benzene rings is 1. The summed E-state index contributed by atoms with van der Waals surface area (Å²) in [5, 5.41) is 3.66. The lowest BCUT2D eigenvalue weighted by molar-refractivity contribution is 0.0514. The number of esters is 1. The first-order valence-electron chi connectivity index (χ1n) is 7.01. The molecular weight excluding hydrogens is 350 g/mol. The second-order valence-corrected chi connectivity index (χ2v) is 5.60. The predicted molar refractivity (Wildman–Crippen MR) is 83.9 cm³/mol. The number of rotatable bonds is 7. The van der Waals surface area contributed by atoms with Gasteiger partial charge >= 0.3 is 5.97 Å².